The van der Waals surface area contributed by atoms with Crippen LogP contribution >= 0.6 is 0 Å². The van der Waals surface area contributed by atoms with Gasteiger partial charge in [0.1, 0.15) is 16.5 Å². The van der Waals surface area contributed by atoms with Gasteiger partial charge in [-0.2, -0.15) is 0 Å². The van der Waals surface area contributed by atoms with E-state index >= 15 is 0 Å². The van der Waals surface area contributed by atoms with Crippen molar-refractivity contribution in [2.24, 2.45) is 5.41 Å². The predicted molar refractivity (Wildman–Crippen MR) is 82.7 cm³/mol. The van der Waals surface area contributed by atoms with E-state index < -0.39 is 40.2 Å². The molecular weight excluding hydrogens is 304 g/mol. The Morgan fingerprint density at radius 2 is 1.00 bits per heavy atom. The van der Waals surface area contributed by atoms with E-state index in [1.807, 2.05) is 0 Å². The van der Waals surface area contributed by atoms with Crippen molar-refractivity contribution < 1.29 is 29.4 Å². The lowest BCUT2D eigenvalue weighted by Gasteiger charge is -2.34. The Labute approximate surface area is 135 Å². The summed E-state index contributed by atoms with van der Waals surface area (Å²) in [5, 5.41) is 22.9. The Bertz CT molecular complexity index is 464. The molecule has 0 saturated heterocycles. The maximum Gasteiger partial charge on any atom is 0.328 e. The van der Waals surface area contributed by atoms with Crippen LogP contribution in [0.3, 0.4) is 0 Å². The molecule has 0 unspecified atom stereocenters. The first-order chi connectivity index (χ1) is 10.3. The van der Waals surface area contributed by atoms with Crippen molar-refractivity contribution >= 4 is 23.8 Å². The zero-order chi connectivity index (χ0) is 18.6. The van der Waals surface area contributed by atoms with Crippen molar-refractivity contribution in [1.29, 1.82) is 0 Å². The van der Waals surface area contributed by atoms with E-state index in [0.717, 1.165) is 0 Å². The number of carboxylic acid groups (broad SMARTS) is 2. The molecule has 0 bridgehead atoms. The molecule has 0 heterocycles. The molecule has 4 N–H and O–H groups in total. The molecule has 0 radical (unpaired) electrons. The van der Waals surface area contributed by atoms with E-state index in [2.05, 4.69) is 10.6 Å². The number of amides is 2. The SMILES string of the molecule is CCC(CC)(C(=O)NC(C)(C)C(=O)O)C(=O)NC(C)(C)C(=O)O. The molecule has 0 atom stereocenters. The summed E-state index contributed by atoms with van der Waals surface area (Å²) >= 11 is 0. The van der Waals surface area contributed by atoms with Gasteiger partial charge in [-0.15, -0.1) is 0 Å². The third-order valence-electron chi connectivity index (χ3n) is 4.00. The lowest BCUT2D eigenvalue weighted by atomic mass is 9.79. The molecule has 132 valence electrons. The molecule has 8 nitrogen and oxygen atoms in total. The highest BCUT2D eigenvalue weighted by molar-refractivity contribution is 6.07. The maximum absolute atomic E-state index is 12.6. The summed E-state index contributed by atoms with van der Waals surface area (Å²) in [4.78, 5) is 47.4. The molecule has 0 aliphatic carbocycles. The first kappa shape index (κ1) is 20.9. The van der Waals surface area contributed by atoms with Gasteiger partial charge in [0.25, 0.3) is 0 Å². The van der Waals surface area contributed by atoms with Crippen LogP contribution in [0.5, 0.6) is 0 Å². The Kier molecular flexibility index (Phi) is 6.33. The second-order valence-corrected chi connectivity index (χ2v) is 6.56. The molecule has 23 heavy (non-hydrogen) atoms. The fourth-order valence-electron chi connectivity index (χ4n) is 1.91. The largest absolute Gasteiger partial charge is 0.480 e. The van der Waals surface area contributed by atoms with Crippen LogP contribution in [-0.2, 0) is 19.2 Å². The zero-order valence-corrected chi connectivity index (χ0v) is 14.4. The number of aliphatic carboxylic acids is 2. The minimum Gasteiger partial charge on any atom is -0.480 e. The predicted octanol–water partition coefficient (Wildman–Crippen LogP) is 0.752. The third-order valence-corrected chi connectivity index (χ3v) is 4.00. The molecule has 0 aromatic carbocycles. The summed E-state index contributed by atoms with van der Waals surface area (Å²) in [6.07, 6.45) is 0.207. The van der Waals surface area contributed by atoms with Crippen molar-refractivity contribution in [2.45, 2.75) is 65.5 Å². The van der Waals surface area contributed by atoms with Crippen LogP contribution in [0.2, 0.25) is 0 Å². The second-order valence-electron chi connectivity index (χ2n) is 6.56. The quantitative estimate of drug-likeness (QED) is 0.485. The van der Waals surface area contributed by atoms with E-state index in [0.29, 0.717) is 0 Å². The topological polar surface area (TPSA) is 133 Å². The minimum atomic E-state index is -1.55. The van der Waals surface area contributed by atoms with Crippen molar-refractivity contribution in [3.05, 3.63) is 0 Å². The molecule has 0 rings (SSSR count). The fraction of sp³-hybridized carbons (Fsp3) is 0.733. The van der Waals surface area contributed by atoms with Crippen molar-refractivity contribution in [3.8, 4) is 0 Å². The monoisotopic (exact) mass is 330 g/mol. The minimum absolute atomic E-state index is 0.104. The number of carbonyl (C=O) groups excluding carboxylic acids is 2. The van der Waals surface area contributed by atoms with Gasteiger partial charge in [0.15, 0.2) is 0 Å². The van der Waals surface area contributed by atoms with Crippen LogP contribution in [0.1, 0.15) is 54.4 Å². The number of carboxylic acids is 2. The van der Waals surface area contributed by atoms with Crippen LogP contribution in [0, 0.1) is 5.41 Å². The molecule has 0 aliphatic heterocycles. The van der Waals surface area contributed by atoms with E-state index in [-0.39, 0.29) is 12.8 Å². The maximum atomic E-state index is 12.6. The molecule has 2 amide bonds. The normalized spacial score (nSPS) is 12.4. The van der Waals surface area contributed by atoms with Crippen LogP contribution in [-0.4, -0.2) is 45.0 Å². The van der Waals surface area contributed by atoms with Gasteiger partial charge in [-0.1, -0.05) is 13.8 Å². The smallest absolute Gasteiger partial charge is 0.328 e. The summed E-state index contributed by atoms with van der Waals surface area (Å²) in [5.74, 6) is -3.96. The van der Waals surface area contributed by atoms with Crippen LogP contribution in [0.25, 0.3) is 0 Å². The van der Waals surface area contributed by atoms with Gasteiger partial charge >= 0.3 is 11.9 Å². The Hall–Kier alpha value is -2.12. The van der Waals surface area contributed by atoms with Gasteiger partial charge in [0, 0.05) is 0 Å². The molecule has 0 fully saturated rings. The third kappa shape index (κ3) is 4.43. The summed E-state index contributed by atoms with van der Waals surface area (Å²) in [7, 11) is 0. The van der Waals surface area contributed by atoms with E-state index in [9.17, 15) is 19.2 Å². The molecule has 0 aliphatic rings. The van der Waals surface area contributed by atoms with Crippen molar-refractivity contribution in [1.82, 2.24) is 10.6 Å². The van der Waals surface area contributed by atoms with Crippen molar-refractivity contribution in [3.63, 3.8) is 0 Å². The Morgan fingerprint density at radius 3 is 1.17 bits per heavy atom. The number of hydrogen-bond donors (Lipinski definition) is 4. The van der Waals surface area contributed by atoms with Crippen LogP contribution < -0.4 is 10.6 Å². The van der Waals surface area contributed by atoms with E-state index in [1.165, 1.54) is 27.7 Å². The van der Waals surface area contributed by atoms with Gasteiger partial charge in [-0.25, -0.2) is 9.59 Å². The highest BCUT2D eigenvalue weighted by Gasteiger charge is 2.47. The van der Waals surface area contributed by atoms with Gasteiger partial charge < -0.3 is 20.8 Å². The fourth-order valence-corrected chi connectivity index (χ4v) is 1.91. The summed E-state index contributed by atoms with van der Waals surface area (Å²) in [6, 6.07) is 0. The molecule has 0 spiro atoms. The highest BCUT2D eigenvalue weighted by atomic mass is 16.4. The average molecular weight is 330 g/mol. The van der Waals surface area contributed by atoms with Gasteiger partial charge in [0.05, 0.1) is 0 Å². The molecule has 0 aromatic heterocycles. The highest BCUT2D eigenvalue weighted by Crippen LogP contribution is 2.29. The van der Waals surface area contributed by atoms with Gasteiger partial charge in [-0.05, 0) is 40.5 Å². The molecule has 0 saturated carbocycles. The van der Waals surface area contributed by atoms with E-state index in [1.54, 1.807) is 13.8 Å². The first-order valence-electron chi connectivity index (χ1n) is 7.39. The summed E-state index contributed by atoms with van der Waals surface area (Å²) in [6.45, 7) is 8.46. The number of carbonyl (C=O) groups is 4. The molecule has 0 aromatic rings. The summed E-state index contributed by atoms with van der Waals surface area (Å²) in [5.41, 5.74) is -4.63. The van der Waals surface area contributed by atoms with Crippen molar-refractivity contribution in [2.75, 3.05) is 0 Å². The van der Waals surface area contributed by atoms with E-state index in [4.69, 9.17) is 10.2 Å². The number of hydrogen-bond acceptors (Lipinski definition) is 4. The lowest BCUT2D eigenvalue weighted by Crippen LogP contribution is -2.61. The van der Waals surface area contributed by atoms with Crippen LogP contribution in [0.15, 0.2) is 0 Å². The zero-order valence-electron chi connectivity index (χ0n) is 14.4. The van der Waals surface area contributed by atoms with Gasteiger partial charge in [0.2, 0.25) is 11.8 Å². The first-order valence-corrected chi connectivity index (χ1v) is 7.39. The average Bonchev–Trinajstić information content (AvgIpc) is 2.39. The van der Waals surface area contributed by atoms with Gasteiger partial charge in [-0.3, -0.25) is 9.59 Å². The number of rotatable bonds is 8. The molecular formula is C15H26N2O6. The van der Waals surface area contributed by atoms with Crippen LogP contribution in [0.4, 0.5) is 0 Å². The standard InChI is InChI=1S/C15H26N2O6/c1-7-15(8-2,9(18)16-13(3,4)11(20)21)10(19)17-14(5,6)12(22)23/h7-8H2,1-6H3,(H,16,18)(H,17,19)(H,20,21)(H,22,23). The molecule has 8 heteroatoms. The Balaban J connectivity index is 5.58. The number of nitrogens with one attached hydrogen (secondary N) is 2. The lowest BCUT2D eigenvalue weighted by molar-refractivity contribution is -0.154. The summed E-state index contributed by atoms with van der Waals surface area (Å²) < 4.78 is 0. The Morgan fingerprint density at radius 1 is 0.739 bits per heavy atom. The second kappa shape index (κ2) is 6.97.